The first-order valence-corrected chi connectivity index (χ1v) is 7.05. The largest absolute Gasteiger partial charge is 0.387 e. The van der Waals surface area contributed by atoms with Gasteiger partial charge in [-0.05, 0) is 6.92 Å². The number of hydrogen-bond acceptors (Lipinski definition) is 4. The lowest BCUT2D eigenvalue weighted by atomic mass is 10.2. The molecule has 0 radical (unpaired) electrons. The summed E-state index contributed by atoms with van der Waals surface area (Å²) in [6.07, 6.45) is 2.97. The van der Waals surface area contributed by atoms with E-state index in [1.54, 1.807) is 11.5 Å². The molecule has 1 atom stereocenters. The molecule has 1 rings (SSSR count). The molecule has 0 bridgehead atoms. The number of aromatic nitrogens is 2. The number of nitrogens with one attached hydrogen (secondary N) is 1. The Morgan fingerprint density at radius 2 is 2.28 bits per heavy atom. The third-order valence-electron chi connectivity index (χ3n) is 2.71. The zero-order valence-electron chi connectivity index (χ0n) is 10.8. The number of hydrogen-bond donors (Lipinski definition) is 2. The molecule has 7 nitrogen and oxygen atoms in total. The fraction of sp³-hybridized carbons (Fsp3) is 0.600. The predicted molar refractivity (Wildman–Crippen MR) is 68.8 cm³/mol. The van der Waals surface area contributed by atoms with Gasteiger partial charge in [-0.3, -0.25) is 5.41 Å². The molecule has 0 aliphatic heterocycles. The summed E-state index contributed by atoms with van der Waals surface area (Å²) in [6, 6.07) is 0. The normalized spacial score (nSPS) is 13.8. The van der Waals surface area contributed by atoms with Crippen molar-refractivity contribution < 1.29 is 8.42 Å². The first-order valence-electron chi connectivity index (χ1n) is 5.61. The van der Waals surface area contributed by atoms with Crippen molar-refractivity contribution in [2.75, 3.05) is 13.6 Å². The molecule has 1 aromatic heterocycles. The molecule has 0 spiro atoms. The van der Waals surface area contributed by atoms with Gasteiger partial charge in [0.15, 0.2) is 5.03 Å². The van der Waals surface area contributed by atoms with Crippen LogP contribution in [0.3, 0.4) is 0 Å². The van der Waals surface area contributed by atoms with Gasteiger partial charge < -0.3 is 10.3 Å². The summed E-state index contributed by atoms with van der Waals surface area (Å²) in [5, 5.41) is 7.29. The summed E-state index contributed by atoms with van der Waals surface area (Å²) in [6.45, 7) is 4.44. The fourth-order valence-corrected chi connectivity index (χ4v) is 2.58. The van der Waals surface area contributed by atoms with Crippen molar-refractivity contribution in [2.45, 2.75) is 25.4 Å². The number of imidazole rings is 1. The maximum atomic E-state index is 12.2. The van der Waals surface area contributed by atoms with Crippen LogP contribution in [0.2, 0.25) is 0 Å². The lowest BCUT2D eigenvalue weighted by Crippen LogP contribution is -2.36. The molecular weight excluding hydrogens is 254 g/mol. The Labute approximate surface area is 107 Å². The molecule has 0 saturated heterocycles. The van der Waals surface area contributed by atoms with Crippen molar-refractivity contribution >= 4 is 15.9 Å². The quantitative estimate of drug-likeness (QED) is 0.566. The van der Waals surface area contributed by atoms with Crippen LogP contribution in [0.25, 0.3) is 0 Å². The van der Waals surface area contributed by atoms with Crippen LogP contribution in [-0.4, -0.2) is 41.7 Å². The van der Waals surface area contributed by atoms with Gasteiger partial charge in [0.2, 0.25) is 0 Å². The number of sulfonamides is 1. The van der Waals surface area contributed by atoms with Crippen LogP contribution in [0.4, 0.5) is 0 Å². The highest BCUT2D eigenvalue weighted by molar-refractivity contribution is 7.89. The van der Waals surface area contributed by atoms with Crippen LogP contribution in [0.5, 0.6) is 0 Å². The lowest BCUT2D eigenvalue weighted by molar-refractivity contribution is 0.441. The molecule has 0 aliphatic carbocycles. The van der Waals surface area contributed by atoms with E-state index < -0.39 is 10.0 Å². The van der Waals surface area contributed by atoms with Gasteiger partial charge in [0.1, 0.15) is 0 Å². The minimum atomic E-state index is -3.61. The van der Waals surface area contributed by atoms with E-state index in [0.717, 1.165) is 0 Å². The minimum Gasteiger partial charge on any atom is -0.387 e. The molecule has 0 saturated carbocycles. The molecule has 102 valence electrons. The highest BCUT2D eigenvalue weighted by atomic mass is 32.2. The molecule has 0 aliphatic rings. The summed E-state index contributed by atoms with van der Waals surface area (Å²) in [5.41, 5.74) is 5.33. The third-order valence-corrected chi connectivity index (χ3v) is 4.42. The van der Waals surface area contributed by atoms with Crippen molar-refractivity contribution in [3.8, 4) is 0 Å². The Morgan fingerprint density at radius 3 is 2.72 bits per heavy atom. The SMILES string of the molecule is CCn1cnc(S(=O)(=O)N(C)CC(C)C(=N)N)c1. The first kappa shape index (κ1) is 14.7. The highest BCUT2D eigenvalue weighted by Gasteiger charge is 2.25. The molecule has 0 aromatic carbocycles. The zero-order valence-corrected chi connectivity index (χ0v) is 11.6. The van der Waals surface area contributed by atoms with Gasteiger partial charge in [-0.25, -0.2) is 13.4 Å². The summed E-state index contributed by atoms with van der Waals surface area (Å²) < 4.78 is 27.2. The smallest absolute Gasteiger partial charge is 0.261 e. The maximum absolute atomic E-state index is 12.2. The van der Waals surface area contributed by atoms with Crippen molar-refractivity contribution in [3.63, 3.8) is 0 Å². The van der Waals surface area contributed by atoms with E-state index in [0.29, 0.717) is 6.54 Å². The van der Waals surface area contributed by atoms with Gasteiger partial charge in [-0.2, -0.15) is 4.31 Å². The molecule has 0 fully saturated rings. The van der Waals surface area contributed by atoms with Gasteiger partial charge in [-0.15, -0.1) is 0 Å². The van der Waals surface area contributed by atoms with Crippen LogP contribution in [0.1, 0.15) is 13.8 Å². The van der Waals surface area contributed by atoms with Crippen LogP contribution in [0, 0.1) is 11.3 Å². The van der Waals surface area contributed by atoms with Crippen LogP contribution >= 0.6 is 0 Å². The predicted octanol–water partition coefficient (Wildman–Crippen LogP) is 0.0956. The number of nitrogens with zero attached hydrogens (tertiary/aromatic N) is 3. The molecule has 0 amide bonds. The number of aryl methyl sites for hydroxylation is 1. The molecule has 1 heterocycles. The third kappa shape index (κ3) is 3.08. The molecule has 1 unspecified atom stereocenters. The second-order valence-corrected chi connectivity index (χ2v) is 6.18. The highest BCUT2D eigenvalue weighted by Crippen LogP contribution is 2.13. The number of amidine groups is 1. The zero-order chi connectivity index (χ0) is 13.9. The van der Waals surface area contributed by atoms with Gasteiger partial charge in [-0.1, -0.05) is 6.92 Å². The van der Waals surface area contributed by atoms with Crippen LogP contribution in [0.15, 0.2) is 17.6 Å². The molecule has 8 heteroatoms. The fourth-order valence-electron chi connectivity index (χ4n) is 1.39. The van der Waals surface area contributed by atoms with Crippen LogP contribution in [-0.2, 0) is 16.6 Å². The summed E-state index contributed by atoms with van der Waals surface area (Å²) in [4.78, 5) is 3.88. The summed E-state index contributed by atoms with van der Waals surface area (Å²) in [5.74, 6) is -0.353. The Morgan fingerprint density at radius 1 is 1.67 bits per heavy atom. The Bertz CT molecular complexity index is 522. The monoisotopic (exact) mass is 273 g/mol. The van der Waals surface area contributed by atoms with E-state index in [9.17, 15) is 8.42 Å². The Balaban J connectivity index is 2.89. The van der Waals surface area contributed by atoms with Gasteiger partial charge in [0.25, 0.3) is 10.0 Å². The second-order valence-electron chi connectivity index (χ2n) is 4.18. The van der Waals surface area contributed by atoms with Gasteiger partial charge in [0, 0.05) is 32.3 Å². The van der Waals surface area contributed by atoms with Crippen molar-refractivity contribution in [1.29, 1.82) is 5.41 Å². The molecule has 1 aromatic rings. The molecular formula is C10H19N5O2S. The Kier molecular flexibility index (Phi) is 4.47. The topological polar surface area (TPSA) is 105 Å². The molecule has 3 N–H and O–H groups in total. The summed E-state index contributed by atoms with van der Waals surface area (Å²) in [7, 11) is -2.15. The first-order chi connectivity index (χ1) is 8.28. The average molecular weight is 273 g/mol. The van der Waals surface area contributed by atoms with Gasteiger partial charge in [0.05, 0.1) is 12.2 Å². The van der Waals surface area contributed by atoms with E-state index in [2.05, 4.69) is 4.98 Å². The van der Waals surface area contributed by atoms with Crippen molar-refractivity contribution in [3.05, 3.63) is 12.5 Å². The maximum Gasteiger partial charge on any atom is 0.261 e. The van der Waals surface area contributed by atoms with E-state index >= 15 is 0 Å². The van der Waals surface area contributed by atoms with Gasteiger partial charge >= 0.3 is 0 Å². The Hall–Kier alpha value is -1.41. The van der Waals surface area contributed by atoms with E-state index in [4.69, 9.17) is 11.1 Å². The van der Waals surface area contributed by atoms with E-state index in [-0.39, 0.29) is 23.3 Å². The number of nitrogens with two attached hydrogens (primary N) is 1. The standard InChI is InChI=1S/C10H19N5O2S/c1-4-15-6-9(13-7-15)18(16,17)14(3)5-8(2)10(11)12/h6-8H,4-5H2,1-3H3,(H3,11,12). The second kappa shape index (κ2) is 5.49. The van der Waals surface area contributed by atoms with Crippen molar-refractivity contribution in [2.24, 2.45) is 11.7 Å². The summed E-state index contributed by atoms with van der Waals surface area (Å²) >= 11 is 0. The van der Waals surface area contributed by atoms with Crippen molar-refractivity contribution in [1.82, 2.24) is 13.9 Å². The van der Waals surface area contributed by atoms with E-state index in [1.807, 2.05) is 6.92 Å². The van der Waals surface area contributed by atoms with Crippen LogP contribution < -0.4 is 5.73 Å². The minimum absolute atomic E-state index is 0.0163. The lowest BCUT2D eigenvalue weighted by Gasteiger charge is -2.19. The van der Waals surface area contributed by atoms with E-state index in [1.165, 1.54) is 23.9 Å². The number of rotatable bonds is 6. The average Bonchev–Trinajstić information content (AvgIpc) is 2.77. The molecule has 18 heavy (non-hydrogen) atoms.